The molecule has 0 unspecified atom stereocenters. The van der Waals surface area contributed by atoms with Gasteiger partial charge >= 0.3 is 0 Å². The third-order valence-corrected chi connectivity index (χ3v) is 4.03. The van der Waals surface area contributed by atoms with Gasteiger partial charge in [-0.15, -0.1) is 0 Å². The largest absolute Gasteiger partial charge is 0.497 e. The molecule has 27 heavy (non-hydrogen) atoms. The van der Waals surface area contributed by atoms with Gasteiger partial charge in [-0.3, -0.25) is 4.79 Å². The highest BCUT2D eigenvalue weighted by Crippen LogP contribution is 2.29. The number of methoxy groups -OCH3 is 2. The summed E-state index contributed by atoms with van der Waals surface area (Å²) in [5.74, 6) is 1.39. The third kappa shape index (κ3) is 4.14. The Morgan fingerprint density at radius 1 is 1.00 bits per heavy atom. The van der Waals surface area contributed by atoms with Gasteiger partial charge < -0.3 is 19.7 Å². The minimum atomic E-state index is -0.358. The summed E-state index contributed by atoms with van der Waals surface area (Å²) in [4.78, 5) is 22.9. The van der Waals surface area contributed by atoms with Crippen molar-refractivity contribution in [3.8, 4) is 11.5 Å². The highest BCUT2D eigenvalue weighted by atomic mass is 16.5. The van der Waals surface area contributed by atoms with Crippen molar-refractivity contribution in [2.75, 3.05) is 31.5 Å². The molecule has 0 saturated carbocycles. The second kappa shape index (κ2) is 8.18. The Balaban J connectivity index is 1.82. The first-order chi connectivity index (χ1) is 13.1. The highest BCUT2D eigenvalue weighted by Gasteiger charge is 2.14. The molecule has 0 aliphatic heterocycles. The standard InChI is InChI=1S/C20H20N4O3/c1-24(14-7-5-4-6-8-14)19-12-17(21-13-22-19)20(25)23-16-10-9-15(26-2)11-18(16)27-3/h4-13H,1-3H3,(H,23,25). The number of carbonyl (C=O) groups excluding carboxylic acids is 1. The topological polar surface area (TPSA) is 76.6 Å². The Morgan fingerprint density at radius 3 is 2.48 bits per heavy atom. The lowest BCUT2D eigenvalue weighted by atomic mass is 10.2. The van der Waals surface area contributed by atoms with E-state index < -0.39 is 0 Å². The molecule has 2 aromatic carbocycles. The number of hydrogen-bond acceptors (Lipinski definition) is 6. The Labute approximate surface area is 157 Å². The van der Waals surface area contributed by atoms with Crippen molar-refractivity contribution >= 4 is 23.1 Å². The smallest absolute Gasteiger partial charge is 0.274 e. The lowest BCUT2D eigenvalue weighted by Gasteiger charge is -2.18. The van der Waals surface area contributed by atoms with E-state index in [9.17, 15) is 4.79 Å². The maximum atomic E-state index is 12.6. The molecule has 138 valence electrons. The third-order valence-electron chi connectivity index (χ3n) is 4.03. The average molecular weight is 364 g/mol. The normalized spacial score (nSPS) is 10.2. The lowest BCUT2D eigenvalue weighted by molar-refractivity contribution is 0.102. The van der Waals surface area contributed by atoms with Crippen LogP contribution in [0.25, 0.3) is 0 Å². The van der Waals surface area contributed by atoms with E-state index in [-0.39, 0.29) is 11.6 Å². The predicted octanol–water partition coefficient (Wildman–Crippen LogP) is 3.51. The zero-order chi connectivity index (χ0) is 19.2. The fraction of sp³-hybridized carbons (Fsp3) is 0.150. The molecule has 0 spiro atoms. The zero-order valence-corrected chi connectivity index (χ0v) is 15.3. The summed E-state index contributed by atoms with van der Waals surface area (Å²) in [7, 11) is 4.98. The van der Waals surface area contributed by atoms with Gasteiger partial charge in [0.1, 0.15) is 29.3 Å². The molecule has 3 aromatic rings. The predicted molar refractivity (Wildman–Crippen MR) is 104 cm³/mol. The van der Waals surface area contributed by atoms with Crippen LogP contribution in [0.4, 0.5) is 17.2 Å². The van der Waals surface area contributed by atoms with E-state index in [1.165, 1.54) is 13.4 Å². The molecule has 7 heteroatoms. The second-order valence-electron chi connectivity index (χ2n) is 5.68. The first kappa shape index (κ1) is 18.2. The van der Waals surface area contributed by atoms with Gasteiger partial charge in [-0.2, -0.15) is 0 Å². The number of amides is 1. The quantitative estimate of drug-likeness (QED) is 0.721. The zero-order valence-electron chi connectivity index (χ0n) is 15.3. The SMILES string of the molecule is COc1ccc(NC(=O)c2cc(N(C)c3ccccc3)ncn2)c(OC)c1. The summed E-state index contributed by atoms with van der Waals surface area (Å²) in [6, 6.07) is 16.5. The molecule has 0 bridgehead atoms. The monoisotopic (exact) mass is 364 g/mol. The summed E-state index contributed by atoms with van der Waals surface area (Å²) in [6.07, 6.45) is 1.37. The number of hydrogen-bond donors (Lipinski definition) is 1. The van der Waals surface area contributed by atoms with Gasteiger partial charge in [-0.05, 0) is 24.3 Å². The first-order valence-electron chi connectivity index (χ1n) is 8.26. The summed E-state index contributed by atoms with van der Waals surface area (Å²) in [6.45, 7) is 0. The molecule has 0 saturated heterocycles. The van der Waals surface area contributed by atoms with E-state index >= 15 is 0 Å². The van der Waals surface area contributed by atoms with Crippen LogP contribution in [0.1, 0.15) is 10.5 Å². The maximum absolute atomic E-state index is 12.6. The number of ether oxygens (including phenoxy) is 2. The summed E-state index contributed by atoms with van der Waals surface area (Å²) >= 11 is 0. The molecule has 0 aliphatic rings. The van der Waals surface area contributed by atoms with Crippen molar-refractivity contribution in [3.05, 3.63) is 66.6 Å². The number of benzene rings is 2. The van der Waals surface area contributed by atoms with Crippen LogP contribution in [0.15, 0.2) is 60.9 Å². The van der Waals surface area contributed by atoms with Crippen molar-refractivity contribution in [3.63, 3.8) is 0 Å². The van der Waals surface area contributed by atoms with Gasteiger partial charge in [0.25, 0.3) is 5.91 Å². The molecule has 1 N–H and O–H groups in total. The van der Waals surface area contributed by atoms with Gasteiger partial charge in [0.15, 0.2) is 0 Å². The molecular formula is C20H20N4O3. The molecule has 1 heterocycles. The Bertz CT molecular complexity index is 932. The van der Waals surface area contributed by atoms with Gasteiger partial charge in [0, 0.05) is 24.9 Å². The van der Waals surface area contributed by atoms with Gasteiger partial charge in [0.05, 0.1) is 19.9 Å². The fourth-order valence-corrected chi connectivity index (χ4v) is 2.53. The van der Waals surface area contributed by atoms with Crippen LogP contribution in [0.3, 0.4) is 0 Å². The Hall–Kier alpha value is -3.61. The molecule has 0 atom stereocenters. The number of aromatic nitrogens is 2. The Kier molecular flexibility index (Phi) is 5.51. The van der Waals surface area contributed by atoms with Crippen LogP contribution in [-0.2, 0) is 0 Å². The van der Waals surface area contributed by atoms with Crippen LogP contribution in [0, 0.1) is 0 Å². The second-order valence-corrected chi connectivity index (χ2v) is 5.68. The van der Waals surface area contributed by atoms with E-state index in [2.05, 4.69) is 15.3 Å². The van der Waals surface area contributed by atoms with E-state index in [4.69, 9.17) is 9.47 Å². The molecule has 7 nitrogen and oxygen atoms in total. The lowest BCUT2D eigenvalue weighted by Crippen LogP contribution is -2.17. The number of carbonyl (C=O) groups is 1. The van der Waals surface area contributed by atoms with Gasteiger partial charge in [0.2, 0.25) is 0 Å². The van der Waals surface area contributed by atoms with Crippen molar-refractivity contribution in [1.82, 2.24) is 9.97 Å². The molecule has 1 amide bonds. The van der Waals surface area contributed by atoms with Gasteiger partial charge in [-0.25, -0.2) is 9.97 Å². The molecule has 0 aliphatic carbocycles. The van der Waals surface area contributed by atoms with Gasteiger partial charge in [-0.1, -0.05) is 18.2 Å². The van der Waals surface area contributed by atoms with Crippen molar-refractivity contribution < 1.29 is 14.3 Å². The van der Waals surface area contributed by atoms with Crippen molar-refractivity contribution in [2.24, 2.45) is 0 Å². The van der Waals surface area contributed by atoms with E-state index in [1.54, 1.807) is 31.4 Å². The van der Waals surface area contributed by atoms with Crippen molar-refractivity contribution in [2.45, 2.75) is 0 Å². The van der Waals surface area contributed by atoms with Crippen molar-refractivity contribution in [1.29, 1.82) is 0 Å². The molecule has 0 radical (unpaired) electrons. The van der Waals surface area contributed by atoms with Crippen LogP contribution < -0.4 is 19.7 Å². The van der Waals surface area contributed by atoms with Crippen LogP contribution >= 0.6 is 0 Å². The number of rotatable bonds is 6. The molecule has 1 aromatic heterocycles. The van der Waals surface area contributed by atoms with E-state index in [0.29, 0.717) is 23.0 Å². The number of para-hydroxylation sites is 1. The van der Waals surface area contributed by atoms with Crippen LogP contribution in [0.5, 0.6) is 11.5 Å². The van der Waals surface area contributed by atoms with E-state index in [0.717, 1.165) is 5.69 Å². The molecule has 0 fully saturated rings. The summed E-state index contributed by atoms with van der Waals surface area (Å²) < 4.78 is 10.5. The van der Waals surface area contributed by atoms with E-state index in [1.807, 2.05) is 42.3 Å². The number of anilines is 3. The Morgan fingerprint density at radius 2 is 1.78 bits per heavy atom. The molecule has 3 rings (SSSR count). The number of nitrogens with zero attached hydrogens (tertiary/aromatic N) is 3. The van der Waals surface area contributed by atoms with Crippen LogP contribution in [0.2, 0.25) is 0 Å². The minimum Gasteiger partial charge on any atom is -0.497 e. The first-order valence-corrected chi connectivity index (χ1v) is 8.26. The fourth-order valence-electron chi connectivity index (χ4n) is 2.53. The highest BCUT2D eigenvalue weighted by molar-refractivity contribution is 6.04. The van der Waals surface area contributed by atoms with Crippen LogP contribution in [-0.4, -0.2) is 37.1 Å². The minimum absolute atomic E-state index is 0.251. The number of nitrogens with one attached hydrogen (secondary N) is 1. The summed E-state index contributed by atoms with van der Waals surface area (Å²) in [5, 5.41) is 2.81. The summed E-state index contributed by atoms with van der Waals surface area (Å²) in [5.41, 5.74) is 1.74. The maximum Gasteiger partial charge on any atom is 0.274 e. The molecular weight excluding hydrogens is 344 g/mol. The average Bonchev–Trinajstić information content (AvgIpc) is 2.74.